The number of nitrogens with zero attached hydrogens (tertiary/aromatic N) is 1. The smallest absolute Gasteiger partial charge is 0.255 e. The van der Waals surface area contributed by atoms with Crippen molar-refractivity contribution in [3.63, 3.8) is 0 Å². The molecule has 2 amide bonds. The molecule has 1 fully saturated rings. The summed E-state index contributed by atoms with van der Waals surface area (Å²) in [4.78, 5) is 22.9. The van der Waals surface area contributed by atoms with Gasteiger partial charge < -0.3 is 10.6 Å². The molecule has 6 heteroatoms. The van der Waals surface area contributed by atoms with Gasteiger partial charge in [-0.3, -0.25) is 14.7 Å². The summed E-state index contributed by atoms with van der Waals surface area (Å²) >= 11 is 0. The van der Waals surface area contributed by atoms with Crippen molar-refractivity contribution in [2.24, 2.45) is 0 Å². The zero-order valence-corrected chi connectivity index (χ0v) is 8.12. The van der Waals surface area contributed by atoms with E-state index in [0.717, 1.165) is 6.42 Å². The predicted molar refractivity (Wildman–Crippen MR) is 52.1 cm³/mol. The Morgan fingerprint density at radius 2 is 2.47 bits per heavy atom. The molecule has 15 heavy (non-hydrogen) atoms. The molecule has 0 aliphatic carbocycles. The third kappa shape index (κ3) is 2.15. The second kappa shape index (κ2) is 4.12. The zero-order chi connectivity index (χ0) is 10.7. The standard InChI is InChI=1S/C9H12N4O2/c14-8(6-4-11-12-5-6)13-7-2-1-3-10-9(7)15/h4-5,7H,1-3H2,(H,10,15)(H,11,12)(H,13,14). The molecule has 0 radical (unpaired) electrons. The molecule has 1 aromatic heterocycles. The SMILES string of the molecule is O=C(NC1CCCNC1=O)c1cn[nH]c1. The summed E-state index contributed by atoms with van der Waals surface area (Å²) in [6.07, 6.45) is 4.50. The highest BCUT2D eigenvalue weighted by molar-refractivity contribution is 5.97. The van der Waals surface area contributed by atoms with E-state index in [-0.39, 0.29) is 11.8 Å². The van der Waals surface area contributed by atoms with E-state index in [4.69, 9.17) is 0 Å². The van der Waals surface area contributed by atoms with Gasteiger partial charge in [0, 0.05) is 12.7 Å². The van der Waals surface area contributed by atoms with Gasteiger partial charge in [-0.1, -0.05) is 0 Å². The van der Waals surface area contributed by atoms with Gasteiger partial charge in [-0.25, -0.2) is 0 Å². The van der Waals surface area contributed by atoms with Gasteiger partial charge in [0.2, 0.25) is 5.91 Å². The van der Waals surface area contributed by atoms with Crippen LogP contribution in [0.3, 0.4) is 0 Å². The van der Waals surface area contributed by atoms with Gasteiger partial charge in [0.05, 0.1) is 11.8 Å². The van der Waals surface area contributed by atoms with Crippen molar-refractivity contribution in [2.45, 2.75) is 18.9 Å². The molecular formula is C9H12N4O2. The Morgan fingerprint density at radius 1 is 1.60 bits per heavy atom. The Morgan fingerprint density at radius 3 is 3.13 bits per heavy atom. The van der Waals surface area contributed by atoms with E-state index in [1.54, 1.807) is 0 Å². The first-order chi connectivity index (χ1) is 7.27. The lowest BCUT2D eigenvalue weighted by Gasteiger charge is -2.22. The average molecular weight is 208 g/mol. The highest BCUT2D eigenvalue weighted by Crippen LogP contribution is 2.04. The van der Waals surface area contributed by atoms with E-state index in [1.807, 2.05) is 0 Å². The highest BCUT2D eigenvalue weighted by atomic mass is 16.2. The predicted octanol–water partition coefficient (Wildman–Crippen LogP) is -0.582. The maximum absolute atomic E-state index is 11.6. The minimum absolute atomic E-state index is 0.113. The van der Waals surface area contributed by atoms with Crippen LogP contribution in [0.15, 0.2) is 12.4 Å². The Labute approximate surface area is 86.4 Å². The van der Waals surface area contributed by atoms with Gasteiger partial charge >= 0.3 is 0 Å². The number of nitrogens with one attached hydrogen (secondary N) is 3. The van der Waals surface area contributed by atoms with Gasteiger partial charge in [0.1, 0.15) is 6.04 Å². The number of hydrogen-bond donors (Lipinski definition) is 3. The quantitative estimate of drug-likeness (QED) is 0.607. The number of amides is 2. The van der Waals surface area contributed by atoms with Crippen LogP contribution in [0.1, 0.15) is 23.2 Å². The van der Waals surface area contributed by atoms with E-state index >= 15 is 0 Å². The fraction of sp³-hybridized carbons (Fsp3) is 0.444. The number of piperidine rings is 1. The van der Waals surface area contributed by atoms with Crippen LogP contribution in [0.4, 0.5) is 0 Å². The minimum Gasteiger partial charge on any atom is -0.354 e. The van der Waals surface area contributed by atoms with E-state index in [9.17, 15) is 9.59 Å². The Bertz CT molecular complexity index is 360. The van der Waals surface area contributed by atoms with Crippen molar-refractivity contribution in [3.8, 4) is 0 Å². The number of H-pyrrole nitrogens is 1. The van der Waals surface area contributed by atoms with E-state index in [0.29, 0.717) is 18.5 Å². The number of rotatable bonds is 2. The molecule has 1 atom stereocenters. The van der Waals surface area contributed by atoms with Crippen LogP contribution >= 0.6 is 0 Å². The molecule has 0 spiro atoms. The maximum atomic E-state index is 11.6. The van der Waals surface area contributed by atoms with Gasteiger partial charge in [-0.2, -0.15) is 5.10 Å². The number of aromatic amines is 1. The molecule has 0 bridgehead atoms. The lowest BCUT2D eigenvalue weighted by molar-refractivity contribution is -0.124. The van der Waals surface area contributed by atoms with Gasteiger partial charge in [-0.15, -0.1) is 0 Å². The van der Waals surface area contributed by atoms with Crippen LogP contribution in [0, 0.1) is 0 Å². The van der Waals surface area contributed by atoms with Crippen LogP contribution < -0.4 is 10.6 Å². The van der Waals surface area contributed by atoms with E-state index in [1.165, 1.54) is 12.4 Å². The highest BCUT2D eigenvalue weighted by Gasteiger charge is 2.24. The van der Waals surface area contributed by atoms with Crippen molar-refractivity contribution in [1.82, 2.24) is 20.8 Å². The first-order valence-electron chi connectivity index (χ1n) is 4.85. The van der Waals surface area contributed by atoms with E-state index < -0.39 is 6.04 Å². The van der Waals surface area contributed by atoms with Crippen molar-refractivity contribution >= 4 is 11.8 Å². The second-order valence-corrected chi connectivity index (χ2v) is 3.45. The Hall–Kier alpha value is -1.85. The number of aromatic nitrogens is 2. The summed E-state index contributed by atoms with van der Waals surface area (Å²) in [5.41, 5.74) is 0.438. The molecule has 1 unspecified atom stereocenters. The van der Waals surface area contributed by atoms with Crippen molar-refractivity contribution in [2.75, 3.05) is 6.54 Å². The van der Waals surface area contributed by atoms with Gasteiger partial charge in [-0.05, 0) is 12.8 Å². The lowest BCUT2D eigenvalue weighted by atomic mass is 10.1. The first kappa shape index (κ1) is 9.70. The third-order valence-corrected chi connectivity index (χ3v) is 2.35. The fourth-order valence-electron chi connectivity index (χ4n) is 1.53. The second-order valence-electron chi connectivity index (χ2n) is 3.45. The molecule has 2 heterocycles. The Balaban J connectivity index is 1.96. The van der Waals surface area contributed by atoms with Crippen LogP contribution in [0.25, 0.3) is 0 Å². The van der Waals surface area contributed by atoms with Crippen LogP contribution in [0.5, 0.6) is 0 Å². The molecule has 1 aliphatic rings. The third-order valence-electron chi connectivity index (χ3n) is 2.35. The molecular weight excluding hydrogens is 196 g/mol. The molecule has 1 saturated heterocycles. The molecule has 80 valence electrons. The summed E-state index contributed by atoms with van der Waals surface area (Å²) < 4.78 is 0. The maximum Gasteiger partial charge on any atom is 0.255 e. The fourth-order valence-corrected chi connectivity index (χ4v) is 1.53. The van der Waals surface area contributed by atoms with Crippen LogP contribution in [0.2, 0.25) is 0 Å². The monoisotopic (exact) mass is 208 g/mol. The first-order valence-corrected chi connectivity index (χ1v) is 4.85. The summed E-state index contributed by atoms with van der Waals surface area (Å²) in [6, 6.07) is -0.416. The summed E-state index contributed by atoms with van der Waals surface area (Å²) in [5, 5.41) is 11.6. The van der Waals surface area contributed by atoms with Crippen molar-refractivity contribution in [1.29, 1.82) is 0 Å². The largest absolute Gasteiger partial charge is 0.354 e. The minimum atomic E-state index is -0.416. The zero-order valence-electron chi connectivity index (χ0n) is 8.12. The summed E-state index contributed by atoms with van der Waals surface area (Å²) in [6.45, 7) is 0.691. The molecule has 0 aromatic carbocycles. The Kier molecular flexibility index (Phi) is 2.66. The summed E-state index contributed by atoms with van der Waals surface area (Å²) in [5.74, 6) is -0.385. The average Bonchev–Trinajstić information content (AvgIpc) is 2.74. The topological polar surface area (TPSA) is 86.9 Å². The molecule has 1 aromatic rings. The van der Waals surface area contributed by atoms with Crippen LogP contribution in [-0.4, -0.2) is 34.6 Å². The summed E-state index contributed by atoms with van der Waals surface area (Å²) in [7, 11) is 0. The van der Waals surface area contributed by atoms with Crippen molar-refractivity contribution in [3.05, 3.63) is 18.0 Å². The lowest BCUT2D eigenvalue weighted by Crippen LogP contribution is -2.50. The van der Waals surface area contributed by atoms with Crippen molar-refractivity contribution < 1.29 is 9.59 Å². The van der Waals surface area contributed by atoms with Crippen LogP contribution in [-0.2, 0) is 4.79 Å². The molecule has 6 nitrogen and oxygen atoms in total. The molecule has 1 aliphatic heterocycles. The van der Waals surface area contributed by atoms with E-state index in [2.05, 4.69) is 20.8 Å². The normalized spacial score (nSPS) is 20.8. The number of carbonyl (C=O) groups is 2. The molecule has 2 rings (SSSR count). The molecule has 0 saturated carbocycles. The van der Waals surface area contributed by atoms with Gasteiger partial charge in [0.25, 0.3) is 5.91 Å². The number of carbonyl (C=O) groups excluding carboxylic acids is 2. The number of hydrogen-bond acceptors (Lipinski definition) is 3. The van der Waals surface area contributed by atoms with Gasteiger partial charge in [0.15, 0.2) is 0 Å². The molecule has 3 N–H and O–H groups in total.